The van der Waals surface area contributed by atoms with Gasteiger partial charge in [-0.1, -0.05) is 30.3 Å². The van der Waals surface area contributed by atoms with Gasteiger partial charge in [-0.05, 0) is 36.1 Å². The molecule has 0 saturated carbocycles. The summed E-state index contributed by atoms with van der Waals surface area (Å²) in [7, 11) is 0. The van der Waals surface area contributed by atoms with Crippen LogP contribution in [0.5, 0.6) is 0 Å². The first-order valence-electron chi connectivity index (χ1n) is 7.69. The summed E-state index contributed by atoms with van der Waals surface area (Å²) in [5.74, 6) is -0.0170. The number of nitrogens with one attached hydrogen (secondary N) is 1. The molecule has 0 spiro atoms. The van der Waals surface area contributed by atoms with E-state index in [9.17, 15) is 9.90 Å². The van der Waals surface area contributed by atoms with Gasteiger partial charge >= 0.3 is 0 Å². The topological polar surface area (TPSA) is 62.2 Å². The third-order valence-corrected chi connectivity index (χ3v) is 4.08. The van der Waals surface area contributed by atoms with E-state index in [2.05, 4.69) is 10.3 Å². The van der Waals surface area contributed by atoms with E-state index >= 15 is 0 Å². The first kappa shape index (κ1) is 14.7. The van der Waals surface area contributed by atoms with Crippen molar-refractivity contribution in [1.82, 2.24) is 10.3 Å². The number of rotatable bonds is 5. The van der Waals surface area contributed by atoms with Gasteiger partial charge in [0, 0.05) is 24.7 Å². The highest BCUT2D eigenvalue weighted by Gasteiger charge is 2.31. The minimum Gasteiger partial charge on any atom is -0.390 e. The number of benzene rings is 1. The molecule has 2 N–H and O–H groups in total. The fourth-order valence-electron chi connectivity index (χ4n) is 2.97. The summed E-state index contributed by atoms with van der Waals surface area (Å²) < 4.78 is 0. The molecular weight excluding hydrogens is 276 g/mol. The molecule has 4 nitrogen and oxygen atoms in total. The molecule has 1 aliphatic carbocycles. The van der Waals surface area contributed by atoms with Gasteiger partial charge in [0.25, 0.3) is 0 Å². The van der Waals surface area contributed by atoms with Crippen LogP contribution in [0.15, 0.2) is 48.7 Å². The van der Waals surface area contributed by atoms with Gasteiger partial charge in [0.2, 0.25) is 5.91 Å². The van der Waals surface area contributed by atoms with Gasteiger partial charge in [0.15, 0.2) is 0 Å². The Labute approximate surface area is 130 Å². The van der Waals surface area contributed by atoms with Crippen molar-refractivity contribution in [2.24, 2.45) is 0 Å². The molecule has 0 saturated heterocycles. The standard InChI is InChI=1S/C18H20N2O2/c21-16-12-13-6-1-2-9-15(13)18(16)20-17(22)10-5-8-14-7-3-4-11-19-14/h1-4,6-7,9,11,16,18,21H,5,8,10,12H2,(H,20,22)/t16-,18-/m1/s1. The lowest BCUT2D eigenvalue weighted by molar-refractivity contribution is -0.122. The molecule has 1 aromatic heterocycles. The van der Waals surface area contributed by atoms with Crippen LogP contribution in [0.25, 0.3) is 0 Å². The molecule has 0 fully saturated rings. The number of hydrogen-bond acceptors (Lipinski definition) is 3. The van der Waals surface area contributed by atoms with Gasteiger partial charge in [0.1, 0.15) is 0 Å². The first-order chi connectivity index (χ1) is 10.7. The van der Waals surface area contributed by atoms with Crippen molar-refractivity contribution in [3.63, 3.8) is 0 Å². The van der Waals surface area contributed by atoms with E-state index in [1.165, 1.54) is 0 Å². The van der Waals surface area contributed by atoms with Crippen LogP contribution >= 0.6 is 0 Å². The number of carbonyl (C=O) groups excluding carboxylic acids is 1. The van der Waals surface area contributed by atoms with E-state index in [1.54, 1.807) is 6.20 Å². The van der Waals surface area contributed by atoms with Gasteiger partial charge in [-0.25, -0.2) is 0 Å². The normalized spacial score (nSPS) is 19.7. The van der Waals surface area contributed by atoms with Crippen LogP contribution in [0.1, 0.15) is 35.7 Å². The van der Waals surface area contributed by atoms with Crippen LogP contribution in [-0.4, -0.2) is 22.1 Å². The molecule has 2 aromatic rings. The van der Waals surface area contributed by atoms with Gasteiger partial charge in [-0.2, -0.15) is 0 Å². The fourth-order valence-corrected chi connectivity index (χ4v) is 2.97. The zero-order valence-corrected chi connectivity index (χ0v) is 12.4. The Morgan fingerprint density at radius 2 is 2.05 bits per heavy atom. The summed E-state index contributed by atoms with van der Waals surface area (Å²) in [6.45, 7) is 0. The predicted molar refractivity (Wildman–Crippen MR) is 84.2 cm³/mol. The highest BCUT2D eigenvalue weighted by atomic mass is 16.3. The number of fused-ring (bicyclic) bond motifs is 1. The van der Waals surface area contributed by atoms with E-state index in [-0.39, 0.29) is 11.9 Å². The molecule has 22 heavy (non-hydrogen) atoms. The number of pyridine rings is 1. The number of aliphatic hydroxyl groups excluding tert-OH is 1. The van der Waals surface area contributed by atoms with Crippen LogP contribution in [0, 0.1) is 0 Å². The average molecular weight is 296 g/mol. The number of amides is 1. The van der Waals surface area contributed by atoms with E-state index in [1.807, 2.05) is 42.5 Å². The molecular formula is C18H20N2O2. The lowest BCUT2D eigenvalue weighted by Crippen LogP contribution is -2.33. The number of aryl methyl sites for hydroxylation is 1. The molecule has 1 amide bonds. The van der Waals surface area contributed by atoms with E-state index < -0.39 is 6.10 Å². The molecule has 1 aliphatic rings. The zero-order valence-electron chi connectivity index (χ0n) is 12.4. The largest absolute Gasteiger partial charge is 0.390 e. The van der Waals surface area contributed by atoms with E-state index in [0.29, 0.717) is 12.8 Å². The minimum atomic E-state index is -0.530. The number of aromatic nitrogens is 1. The maximum absolute atomic E-state index is 12.1. The predicted octanol–water partition coefficient (Wildman–Crippen LogP) is 2.18. The second-order valence-electron chi connectivity index (χ2n) is 5.69. The molecule has 0 aliphatic heterocycles. The fraction of sp³-hybridized carbons (Fsp3) is 0.333. The molecule has 4 heteroatoms. The Balaban J connectivity index is 1.52. The van der Waals surface area contributed by atoms with E-state index in [4.69, 9.17) is 0 Å². The Kier molecular flexibility index (Phi) is 4.49. The summed E-state index contributed by atoms with van der Waals surface area (Å²) in [6, 6.07) is 13.4. The maximum Gasteiger partial charge on any atom is 0.220 e. The van der Waals surface area contributed by atoms with Gasteiger partial charge in [0.05, 0.1) is 12.1 Å². The van der Waals surface area contributed by atoms with Gasteiger partial charge < -0.3 is 10.4 Å². The van der Waals surface area contributed by atoms with Gasteiger partial charge in [-0.15, -0.1) is 0 Å². The van der Waals surface area contributed by atoms with Crippen molar-refractivity contribution in [1.29, 1.82) is 0 Å². The number of hydrogen-bond donors (Lipinski definition) is 2. The van der Waals surface area contributed by atoms with Crippen molar-refractivity contribution in [3.05, 3.63) is 65.5 Å². The molecule has 3 rings (SSSR count). The van der Waals surface area contributed by atoms with Crippen molar-refractivity contribution in [2.75, 3.05) is 0 Å². The minimum absolute atomic E-state index is 0.0170. The Hall–Kier alpha value is -2.20. The number of carbonyl (C=O) groups is 1. The lowest BCUT2D eigenvalue weighted by atomic mass is 10.1. The van der Waals surface area contributed by atoms with Crippen LogP contribution in [0.3, 0.4) is 0 Å². The second kappa shape index (κ2) is 6.71. The smallest absolute Gasteiger partial charge is 0.220 e. The zero-order chi connectivity index (χ0) is 15.4. The van der Waals surface area contributed by atoms with Crippen LogP contribution in [0.4, 0.5) is 0 Å². The number of aliphatic hydroxyl groups is 1. The van der Waals surface area contributed by atoms with Gasteiger partial charge in [-0.3, -0.25) is 9.78 Å². The van der Waals surface area contributed by atoms with Crippen molar-refractivity contribution in [2.45, 2.75) is 37.8 Å². The third kappa shape index (κ3) is 3.34. The Bertz CT molecular complexity index is 643. The second-order valence-corrected chi connectivity index (χ2v) is 5.69. The summed E-state index contributed by atoms with van der Waals surface area (Å²) in [6.07, 6.45) is 3.83. The summed E-state index contributed by atoms with van der Waals surface area (Å²) in [4.78, 5) is 16.4. The number of nitrogens with zero attached hydrogens (tertiary/aromatic N) is 1. The summed E-state index contributed by atoms with van der Waals surface area (Å²) >= 11 is 0. The van der Waals surface area contributed by atoms with Crippen LogP contribution < -0.4 is 5.32 Å². The highest BCUT2D eigenvalue weighted by Crippen LogP contribution is 2.31. The molecule has 0 unspecified atom stereocenters. The van der Waals surface area contributed by atoms with E-state index in [0.717, 1.165) is 29.7 Å². The van der Waals surface area contributed by atoms with Crippen LogP contribution in [0.2, 0.25) is 0 Å². The summed E-state index contributed by atoms with van der Waals surface area (Å²) in [5.41, 5.74) is 3.16. The molecule has 1 heterocycles. The highest BCUT2D eigenvalue weighted by molar-refractivity contribution is 5.76. The SMILES string of the molecule is O=C(CCCc1ccccn1)N[C@@H]1c2ccccc2C[C@H]1O. The average Bonchev–Trinajstić information content (AvgIpc) is 2.84. The van der Waals surface area contributed by atoms with Crippen molar-refractivity contribution < 1.29 is 9.90 Å². The monoisotopic (exact) mass is 296 g/mol. The van der Waals surface area contributed by atoms with Crippen LogP contribution in [-0.2, 0) is 17.6 Å². The van der Waals surface area contributed by atoms with Crippen molar-refractivity contribution >= 4 is 5.91 Å². The molecule has 2 atom stereocenters. The first-order valence-corrected chi connectivity index (χ1v) is 7.69. The third-order valence-electron chi connectivity index (χ3n) is 4.08. The molecule has 1 aromatic carbocycles. The maximum atomic E-state index is 12.1. The summed E-state index contributed by atoms with van der Waals surface area (Å²) in [5, 5.41) is 13.1. The Morgan fingerprint density at radius 1 is 1.23 bits per heavy atom. The molecule has 114 valence electrons. The Morgan fingerprint density at radius 3 is 2.86 bits per heavy atom. The lowest BCUT2D eigenvalue weighted by Gasteiger charge is -2.18. The van der Waals surface area contributed by atoms with Crippen molar-refractivity contribution in [3.8, 4) is 0 Å². The molecule has 0 radical (unpaired) electrons. The quantitative estimate of drug-likeness (QED) is 0.889. The molecule has 0 bridgehead atoms.